The van der Waals surface area contributed by atoms with Gasteiger partial charge in [0.2, 0.25) is 0 Å². The molecule has 1 aliphatic rings. The van der Waals surface area contributed by atoms with Crippen molar-refractivity contribution in [1.82, 2.24) is 9.21 Å². The van der Waals surface area contributed by atoms with Gasteiger partial charge in [-0.3, -0.25) is 0 Å². The van der Waals surface area contributed by atoms with Crippen molar-refractivity contribution in [3.05, 3.63) is 17.0 Å². The van der Waals surface area contributed by atoms with Crippen LogP contribution in [0, 0.1) is 0 Å². The number of hydrogen-bond donors (Lipinski definition) is 0. The van der Waals surface area contributed by atoms with Gasteiger partial charge in [0.25, 0.3) is 10.0 Å². The summed E-state index contributed by atoms with van der Waals surface area (Å²) < 4.78 is 26.8. The molecule has 0 radical (unpaired) electrons. The van der Waals surface area contributed by atoms with Crippen LogP contribution in [0.4, 0.5) is 0 Å². The highest BCUT2D eigenvalue weighted by molar-refractivity contribution is 7.91. The number of likely N-dealkylation sites (N-methyl/N-ethyl adjacent to an activating group) is 1. The maximum atomic E-state index is 12.4. The second-order valence-electron chi connectivity index (χ2n) is 4.19. The van der Waals surface area contributed by atoms with Gasteiger partial charge in [0, 0.05) is 31.1 Å². The molecular weight excluding hydrogens is 292 g/mol. The topological polar surface area (TPSA) is 40.6 Å². The molecule has 1 fully saturated rings. The average molecular weight is 309 g/mol. The van der Waals surface area contributed by atoms with Crippen LogP contribution >= 0.6 is 22.9 Å². The van der Waals surface area contributed by atoms with Gasteiger partial charge in [0.15, 0.2) is 0 Å². The monoisotopic (exact) mass is 308 g/mol. The fraction of sp³-hybridized carbons (Fsp3) is 0.636. The maximum absolute atomic E-state index is 12.4. The second kappa shape index (κ2) is 5.88. The van der Waals surface area contributed by atoms with Crippen LogP contribution in [-0.4, -0.2) is 50.3 Å². The van der Waals surface area contributed by atoms with Gasteiger partial charge < -0.3 is 4.90 Å². The van der Waals surface area contributed by atoms with Crippen molar-refractivity contribution in [2.24, 2.45) is 0 Å². The quantitative estimate of drug-likeness (QED) is 0.797. The predicted molar refractivity (Wildman–Crippen MR) is 74.7 cm³/mol. The van der Waals surface area contributed by atoms with Gasteiger partial charge >= 0.3 is 0 Å². The Balaban J connectivity index is 2.12. The van der Waals surface area contributed by atoms with Crippen LogP contribution in [0.1, 0.15) is 11.8 Å². The summed E-state index contributed by atoms with van der Waals surface area (Å²) >= 11 is 6.97. The molecule has 2 rings (SSSR count). The molecule has 4 nitrogen and oxygen atoms in total. The van der Waals surface area contributed by atoms with Crippen LogP contribution in [-0.2, 0) is 15.9 Å². The Bertz CT molecular complexity index is 493. The lowest BCUT2D eigenvalue weighted by atomic mass is 10.4. The van der Waals surface area contributed by atoms with Crippen molar-refractivity contribution in [2.75, 3.05) is 32.7 Å². The van der Waals surface area contributed by atoms with Crippen LogP contribution in [0.5, 0.6) is 0 Å². The molecule has 0 atom stereocenters. The summed E-state index contributed by atoms with van der Waals surface area (Å²) in [6, 6.07) is 3.44. The lowest BCUT2D eigenvalue weighted by molar-refractivity contribution is 0.196. The van der Waals surface area contributed by atoms with Crippen LogP contribution in [0.3, 0.4) is 0 Å². The predicted octanol–water partition coefficient (Wildman–Crippen LogP) is 1.81. The van der Waals surface area contributed by atoms with Gasteiger partial charge in [-0.2, -0.15) is 4.31 Å². The highest BCUT2D eigenvalue weighted by Crippen LogP contribution is 2.26. The number of halogens is 1. The smallest absolute Gasteiger partial charge is 0.252 e. The fourth-order valence-electron chi connectivity index (χ4n) is 1.98. The number of rotatable bonds is 4. The normalized spacial score (nSPS) is 19.2. The van der Waals surface area contributed by atoms with E-state index in [0.717, 1.165) is 24.5 Å². The van der Waals surface area contributed by atoms with Crippen molar-refractivity contribution < 1.29 is 8.42 Å². The number of sulfonamides is 1. The van der Waals surface area contributed by atoms with E-state index in [9.17, 15) is 8.42 Å². The standard InChI is InChI=1S/C11H17ClN2O2S2/c1-2-13-5-7-14(8-6-13)18(15,16)11-4-3-10(9-12)17-11/h3-4H,2,5-9H2,1H3. The summed E-state index contributed by atoms with van der Waals surface area (Å²) in [5.41, 5.74) is 0. The molecule has 18 heavy (non-hydrogen) atoms. The molecule has 1 aliphatic heterocycles. The minimum Gasteiger partial charge on any atom is -0.301 e. The number of alkyl halides is 1. The first-order valence-corrected chi connectivity index (χ1v) is 8.74. The molecular formula is C11H17ClN2O2S2. The molecule has 0 spiro atoms. The third-order valence-corrected chi connectivity index (χ3v) is 7.04. The first kappa shape index (κ1) is 14.3. The number of thiophene rings is 1. The zero-order valence-corrected chi connectivity index (χ0v) is 12.7. The molecule has 2 heterocycles. The van der Waals surface area contributed by atoms with E-state index in [1.165, 1.54) is 11.3 Å². The summed E-state index contributed by atoms with van der Waals surface area (Å²) in [6.45, 7) is 5.83. The molecule has 1 aromatic heterocycles. The summed E-state index contributed by atoms with van der Waals surface area (Å²) in [6.07, 6.45) is 0. The Morgan fingerprint density at radius 1 is 1.28 bits per heavy atom. The van der Waals surface area contributed by atoms with Crippen molar-refractivity contribution in [1.29, 1.82) is 0 Å². The second-order valence-corrected chi connectivity index (χ2v) is 7.79. The molecule has 0 aliphatic carbocycles. The van der Waals surface area contributed by atoms with Crippen molar-refractivity contribution in [2.45, 2.75) is 17.0 Å². The van der Waals surface area contributed by atoms with Gasteiger partial charge in [-0.05, 0) is 18.7 Å². The summed E-state index contributed by atoms with van der Waals surface area (Å²) in [5.74, 6) is 0.365. The van der Waals surface area contributed by atoms with Crippen molar-refractivity contribution >= 4 is 33.0 Å². The Hall–Kier alpha value is -0.140. The minimum atomic E-state index is -3.32. The van der Waals surface area contributed by atoms with Gasteiger partial charge in [-0.1, -0.05) is 6.92 Å². The Kier molecular flexibility index (Phi) is 4.66. The van der Waals surface area contributed by atoms with E-state index in [4.69, 9.17) is 11.6 Å². The van der Waals surface area contributed by atoms with Crippen molar-refractivity contribution in [3.63, 3.8) is 0 Å². The average Bonchev–Trinajstić information content (AvgIpc) is 2.88. The maximum Gasteiger partial charge on any atom is 0.252 e. The molecule has 102 valence electrons. The third kappa shape index (κ3) is 2.88. The summed E-state index contributed by atoms with van der Waals surface area (Å²) in [4.78, 5) is 3.15. The highest BCUT2D eigenvalue weighted by Gasteiger charge is 2.29. The van der Waals surface area contributed by atoms with Gasteiger partial charge in [-0.25, -0.2) is 8.42 Å². The number of piperazine rings is 1. The lowest BCUT2D eigenvalue weighted by Crippen LogP contribution is -2.48. The Morgan fingerprint density at radius 3 is 2.44 bits per heavy atom. The van der Waals surface area contributed by atoms with E-state index in [1.807, 2.05) is 0 Å². The van der Waals surface area contributed by atoms with Crippen LogP contribution in [0.25, 0.3) is 0 Å². The van der Waals surface area contributed by atoms with Gasteiger partial charge in [-0.15, -0.1) is 22.9 Å². The SMILES string of the molecule is CCN1CCN(S(=O)(=O)c2ccc(CCl)s2)CC1. The first-order chi connectivity index (χ1) is 8.57. The zero-order chi connectivity index (χ0) is 13.2. The Labute approximate surface area is 117 Å². The largest absolute Gasteiger partial charge is 0.301 e. The highest BCUT2D eigenvalue weighted by atomic mass is 35.5. The Morgan fingerprint density at radius 2 is 1.94 bits per heavy atom. The molecule has 1 aromatic rings. The van der Waals surface area contributed by atoms with Crippen LogP contribution in [0.2, 0.25) is 0 Å². The number of nitrogens with zero attached hydrogens (tertiary/aromatic N) is 2. The molecule has 0 bridgehead atoms. The van der Waals surface area contributed by atoms with E-state index >= 15 is 0 Å². The van der Waals surface area contributed by atoms with E-state index in [0.29, 0.717) is 23.2 Å². The van der Waals surface area contributed by atoms with Gasteiger partial charge in [0.1, 0.15) is 4.21 Å². The first-order valence-electron chi connectivity index (χ1n) is 5.95. The van der Waals surface area contributed by atoms with E-state index in [2.05, 4.69) is 11.8 Å². The minimum absolute atomic E-state index is 0.365. The molecule has 0 amide bonds. The van der Waals surface area contributed by atoms with Crippen LogP contribution < -0.4 is 0 Å². The van der Waals surface area contributed by atoms with E-state index < -0.39 is 10.0 Å². The zero-order valence-electron chi connectivity index (χ0n) is 10.3. The fourth-order valence-corrected chi connectivity index (χ4v) is 5.02. The summed E-state index contributed by atoms with van der Waals surface area (Å²) in [5, 5.41) is 0. The van der Waals surface area contributed by atoms with E-state index in [-0.39, 0.29) is 0 Å². The number of hydrogen-bond acceptors (Lipinski definition) is 4. The molecule has 0 aromatic carbocycles. The van der Waals surface area contributed by atoms with Gasteiger partial charge in [0.05, 0.1) is 5.88 Å². The molecule has 0 N–H and O–H groups in total. The summed E-state index contributed by atoms with van der Waals surface area (Å²) in [7, 11) is -3.32. The van der Waals surface area contributed by atoms with Crippen LogP contribution in [0.15, 0.2) is 16.3 Å². The molecule has 0 unspecified atom stereocenters. The molecule has 7 heteroatoms. The molecule has 0 saturated carbocycles. The lowest BCUT2D eigenvalue weighted by Gasteiger charge is -2.32. The van der Waals surface area contributed by atoms with E-state index in [1.54, 1.807) is 16.4 Å². The third-order valence-electron chi connectivity index (χ3n) is 3.14. The molecule has 1 saturated heterocycles. The van der Waals surface area contributed by atoms with Crippen molar-refractivity contribution in [3.8, 4) is 0 Å².